The van der Waals surface area contributed by atoms with Gasteiger partial charge in [-0.05, 0) is 47.7 Å². The molecule has 0 radical (unpaired) electrons. The van der Waals surface area contributed by atoms with Gasteiger partial charge in [0, 0.05) is 10.6 Å². The van der Waals surface area contributed by atoms with Gasteiger partial charge in [0.1, 0.15) is 0 Å². The molecule has 5 heteroatoms. The first-order chi connectivity index (χ1) is 11.7. The lowest BCUT2D eigenvalue weighted by Gasteiger charge is -2.05. The molecule has 0 aliphatic carbocycles. The molecular weight excluding hydrogens is 320 g/mol. The molecule has 1 heterocycles. The number of nitrogens with zero attached hydrogens (tertiary/aromatic N) is 1. The Balaban J connectivity index is 1.67. The summed E-state index contributed by atoms with van der Waals surface area (Å²) in [4.78, 5) is 17.9. The summed E-state index contributed by atoms with van der Waals surface area (Å²) in [5, 5.41) is 8.58. The van der Waals surface area contributed by atoms with E-state index in [1.165, 1.54) is 4.88 Å². The maximum Gasteiger partial charge on any atom is 0.437 e. The van der Waals surface area contributed by atoms with Gasteiger partial charge in [-0.25, -0.2) is 4.79 Å². The number of benzene rings is 2. The van der Waals surface area contributed by atoms with Crippen LogP contribution in [-0.4, -0.2) is 11.8 Å². The third-order valence-electron chi connectivity index (χ3n) is 3.37. The minimum absolute atomic E-state index is 0.616. The Bertz CT molecular complexity index is 843. The molecule has 0 bridgehead atoms. The average molecular weight is 336 g/mol. The van der Waals surface area contributed by atoms with Crippen LogP contribution in [0.2, 0.25) is 0 Å². The molecule has 3 aromatic rings. The van der Waals surface area contributed by atoms with Crippen LogP contribution in [0.15, 0.2) is 77.3 Å². The maximum atomic E-state index is 11.8. The summed E-state index contributed by atoms with van der Waals surface area (Å²) in [6, 6.07) is 21.2. The van der Waals surface area contributed by atoms with Crippen molar-refractivity contribution in [1.82, 2.24) is 0 Å². The fourth-order valence-electron chi connectivity index (χ4n) is 2.17. The van der Waals surface area contributed by atoms with Crippen LogP contribution in [0.4, 0.5) is 10.5 Å². The molecule has 0 atom stereocenters. The van der Waals surface area contributed by atoms with Crippen molar-refractivity contribution in [2.75, 3.05) is 5.32 Å². The summed E-state index contributed by atoms with van der Waals surface area (Å²) in [5.74, 6) is 0. The van der Waals surface area contributed by atoms with Gasteiger partial charge >= 0.3 is 6.09 Å². The standard InChI is InChI=1S/C19H16N2O2S/c1-14(21-23-19(22)20-17-9-3-2-4-10-17)15-7-5-8-16(13-15)18-11-6-12-24-18/h2-13H,1H3,(H,20,22)/b21-14+. The largest absolute Gasteiger partial charge is 0.437 e. The number of hydrogen-bond donors (Lipinski definition) is 1. The minimum atomic E-state index is -0.616. The summed E-state index contributed by atoms with van der Waals surface area (Å²) in [6.45, 7) is 1.81. The number of para-hydroxylation sites is 1. The summed E-state index contributed by atoms with van der Waals surface area (Å²) in [7, 11) is 0. The van der Waals surface area contributed by atoms with Crippen LogP contribution in [-0.2, 0) is 4.84 Å². The molecule has 0 aliphatic heterocycles. The number of rotatable bonds is 4. The first-order valence-corrected chi connectivity index (χ1v) is 8.32. The van der Waals surface area contributed by atoms with Crippen molar-refractivity contribution in [2.24, 2.45) is 5.16 Å². The van der Waals surface area contributed by atoms with Crippen LogP contribution in [0.3, 0.4) is 0 Å². The first-order valence-electron chi connectivity index (χ1n) is 7.44. The van der Waals surface area contributed by atoms with Gasteiger partial charge in [-0.3, -0.25) is 10.2 Å². The van der Waals surface area contributed by atoms with E-state index in [0.717, 1.165) is 11.1 Å². The van der Waals surface area contributed by atoms with Crippen LogP contribution in [0.25, 0.3) is 10.4 Å². The van der Waals surface area contributed by atoms with Crippen molar-refractivity contribution in [1.29, 1.82) is 0 Å². The fourth-order valence-corrected chi connectivity index (χ4v) is 2.89. The van der Waals surface area contributed by atoms with E-state index < -0.39 is 6.09 Å². The smallest absolute Gasteiger partial charge is 0.298 e. The van der Waals surface area contributed by atoms with Crippen molar-refractivity contribution in [3.05, 3.63) is 77.7 Å². The molecule has 2 aromatic carbocycles. The van der Waals surface area contributed by atoms with E-state index in [0.29, 0.717) is 11.4 Å². The van der Waals surface area contributed by atoms with Crippen LogP contribution < -0.4 is 5.32 Å². The van der Waals surface area contributed by atoms with E-state index in [2.05, 4.69) is 16.5 Å². The second-order valence-electron chi connectivity index (χ2n) is 5.10. The SMILES string of the molecule is C/C(=N\OC(=O)Nc1ccccc1)c1cccc(-c2cccs2)c1. The summed E-state index contributed by atoms with van der Waals surface area (Å²) in [6.07, 6.45) is -0.616. The Kier molecular flexibility index (Phi) is 5.03. The molecule has 0 unspecified atom stereocenters. The highest BCUT2D eigenvalue weighted by atomic mass is 32.1. The van der Waals surface area contributed by atoms with E-state index in [1.54, 1.807) is 23.5 Å². The van der Waals surface area contributed by atoms with Crippen LogP contribution in [0.5, 0.6) is 0 Å². The van der Waals surface area contributed by atoms with Gasteiger partial charge in [0.15, 0.2) is 0 Å². The fraction of sp³-hybridized carbons (Fsp3) is 0.0526. The Morgan fingerprint density at radius 3 is 2.62 bits per heavy atom. The number of carbonyl (C=O) groups excluding carboxylic acids is 1. The Labute approximate surface area is 144 Å². The number of hydrogen-bond acceptors (Lipinski definition) is 4. The zero-order valence-electron chi connectivity index (χ0n) is 13.1. The predicted octanol–water partition coefficient (Wildman–Crippen LogP) is 5.39. The lowest BCUT2D eigenvalue weighted by atomic mass is 10.1. The van der Waals surface area contributed by atoms with E-state index in [-0.39, 0.29) is 0 Å². The molecule has 0 aliphatic rings. The van der Waals surface area contributed by atoms with Crippen molar-refractivity contribution in [3.63, 3.8) is 0 Å². The topological polar surface area (TPSA) is 50.7 Å². The molecule has 0 spiro atoms. The highest BCUT2D eigenvalue weighted by Crippen LogP contribution is 2.25. The zero-order chi connectivity index (χ0) is 16.8. The summed E-state index contributed by atoms with van der Waals surface area (Å²) < 4.78 is 0. The molecule has 24 heavy (non-hydrogen) atoms. The lowest BCUT2D eigenvalue weighted by Crippen LogP contribution is -2.11. The molecular formula is C19H16N2O2S. The predicted molar refractivity (Wildman–Crippen MR) is 98.5 cm³/mol. The highest BCUT2D eigenvalue weighted by Gasteiger charge is 2.05. The Hall–Kier alpha value is -2.92. The van der Waals surface area contributed by atoms with E-state index in [1.807, 2.05) is 60.8 Å². The second kappa shape index (κ2) is 7.57. The second-order valence-corrected chi connectivity index (χ2v) is 6.05. The number of nitrogens with one attached hydrogen (secondary N) is 1. The number of carbonyl (C=O) groups is 1. The normalized spacial score (nSPS) is 11.1. The number of amides is 1. The summed E-state index contributed by atoms with van der Waals surface area (Å²) in [5.41, 5.74) is 3.32. The van der Waals surface area contributed by atoms with Crippen LogP contribution >= 0.6 is 11.3 Å². The molecule has 1 aromatic heterocycles. The van der Waals surface area contributed by atoms with Gasteiger partial charge in [0.05, 0.1) is 5.71 Å². The highest BCUT2D eigenvalue weighted by molar-refractivity contribution is 7.13. The molecule has 0 saturated carbocycles. The average Bonchev–Trinajstić information content (AvgIpc) is 3.15. The minimum Gasteiger partial charge on any atom is -0.298 e. The van der Waals surface area contributed by atoms with Gasteiger partial charge in [0.2, 0.25) is 0 Å². The van der Waals surface area contributed by atoms with Crippen LogP contribution in [0, 0.1) is 0 Å². The zero-order valence-corrected chi connectivity index (χ0v) is 13.9. The molecule has 0 fully saturated rings. The Morgan fingerprint density at radius 1 is 1.04 bits per heavy atom. The molecule has 1 N–H and O–H groups in total. The van der Waals surface area contributed by atoms with Gasteiger partial charge in [-0.15, -0.1) is 11.3 Å². The Morgan fingerprint density at radius 2 is 1.88 bits per heavy atom. The van der Waals surface area contributed by atoms with Crippen molar-refractivity contribution >= 4 is 28.8 Å². The number of anilines is 1. The monoisotopic (exact) mass is 336 g/mol. The number of oxime groups is 1. The van der Waals surface area contributed by atoms with Gasteiger partial charge in [-0.2, -0.15) is 0 Å². The van der Waals surface area contributed by atoms with Gasteiger partial charge in [0.25, 0.3) is 0 Å². The van der Waals surface area contributed by atoms with E-state index in [4.69, 9.17) is 4.84 Å². The molecule has 3 rings (SSSR count). The third kappa shape index (κ3) is 4.08. The molecule has 120 valence electrons. The molecule has 4 nitrogen and oxygen atoms in total. The van der Waals surface area contributed by atoms with E-state index >= 15 is 0 Å². The summed E-state index contributed by atoms with van der Waals surface area (Å²) >= 11 is 1.68. The van der Waals surface area contributed by atoms with Crippen molar-refractivity contribution in [3.8, 4) is 10.4 Å². The molecule has 0 saturated heterocycles. The molecule has 1 amide bonds. The number of thiophene rings is 1. The lowest BCUT2D eigenvalue weighted by molar-refractivity contribution is 0.166. The quantitative estimate of drug-likeness (QED) is 0.394. The van der Waals surface area contributed by atoms with Crippen LogP contribution in [0.1, 0.15) is 12.5 Å². The van der Waals surface area contributed by atoms with Crippen molar-refractivity contribution in [2.45, 2.75) is 6.92 Å². The maximum absolute atomic E-state index is 11.8. The van der Waals surface area contributed by atoms with Gasteiger partial charge in [-0.1, -0.05) is 47.6 Å². The van der Waals surface area contributed by atoms with Gasteiger partial charge < -0.3 is 0 Å². The third-order valence-corrected chi connectivity index (χ3v) is 4.29. The first kappa shape index (κ1) is 16.0. The van der Waals surface area contributed by atoms with Crippen molar-refractivity contribution < 1.29 is 9.63 Å². The van der Waals surface area contributed by atoms with E-state index in [9.17, 15) is 4.79 Å².